The second-order valence-corrected chi connectivity index (χ2v) is 8.23. The highest BCUT2D eigenvalue weighted by Crippen LogP contribution is 2.14. The predicted molar refractivity (Wildman–Crippen MR) is 133 cm³/mol. The van der Waals surface area contributed by atoms with E-state index in [4.69, 9.17) is 27.7 Å². The molecular weight excluding hydrogens is 488 g/mol. The third kappa shape index (κ3) is 9.37. The number of carbonyl (C=O) groups is 3. The standard InChI is InChI=1S/C24H31F2N7O4/c1-37-15-5-2-13(3-6-15)11-19(21(28)34)32-23(36)20(12-14-4-7-16(25)17(26)10-14)33-22(35)18(27)8-9-31-24(29)30/h2-7,10,18-20H,8-9,11-12,27H2,1H3,(H2,28,34)(H,32,36)(H,33,35)(H4,29,30,31)/t18-,19-,20-/m0/s1. The lowest BCUT2D eigenvalue weighted by Gasteiger charge is -2.23. The molecule has 2 aromatic carbocycles. The Kier molecular flexibility index (Phi) is 10.8. The Balaban J connectivity index is 2.20. The van der Waals surface area contributed by atoms with Crippen molar-refractivity contribution < 1.29 is 27.9 Å². The van der Waals surface area contributed by atoms with E-state index in [0.717, 1.165) is 12.1 Å². The van der Waals surface area contributed by atoms with Crippen LogP contribution in [-0.2, 0) is 27.2 Å². The van der Waals surface area contributed by atoms with Crippen LogP contribution >= 0.6 is 0 Å². The van der Waals surface area contributed by atoms with Crippen LogP contribution in [0.2, 0.25) is 0 Å². The van der Waals surface area contributed by atoms with Crippen molar-refractivity contribution in [1.82, 2.24) is 10.6 Å². The van der Waals surface area contributed by atoms with E-state index in [-0.39, 0.29) is 37.3 Å². The normalized spacial score (nSPS) is 13.1. The fourth-order valence-electron chi connectivity index (χ4n) is 3.35. The molecule has 0 saturated carbocycles. The van der Waals surface area contributed by atoms with Gasteiger partial charge in [-0.25, -0.2) is 8.78 Å². The molecule has 0 aliphatic heterocycles. The van der Waals surface area contributed by atoms with Crippen LogP contribution in [0.15, 0.2) is 47.5 Å². The maximum absolute atomic E-state index is 13.8. The highest BCUT2D eigenvalue weighted by molar-refractivity contribution is 5.93. The van der Waals surface area contributed by atoms with Crippen molar-refractivity contribution in [1.29, 1.82) is 0 Å². The van der Waals surface area contributed by atoms with Crippen molar-refractivity contribution in [3.63, 3.8) is 0 Å². The van der Waals surface area contributed by atoms with Crippen LogP contribution in [0, 0.1) is 11.6 Å². The molecule has 0 aliphatic carbocycles. The number of nitrogens with zero attached hydrogens (tertiary/aromatic N) is 1. The summed E-state index contributed by atoms with van der Waals surface area (Å²) in [7, 11) is 1.51. The Morgan fingerprint density at radius 1 is 0.892 bits per heavy atom. The summed E-state index contributed by atoms with van der Waals surface area (Å²) in [5.41, 5.74) is 22.8. The summed E-state index contributed by atoms with van der Waals surface area (Å²) in [6.45, 7) is 0.0720. The Morgan fingerprint density at radius 2 is 1.49 bits per heavy atom. The Morgan fingerprint density at radius 3 is 2.05 bits per heavy atom. The van der Waals surface area contributed by atoms with Gasteiger partial charge in [0.25, 0.3) is 0 Å². The van der Waals surface area contributed by atoms with Crippen LogP contribution in [0.5, 0.6) is 5.75 Å². The summed E-state index contributed by atoms with van der Waals surface area (Å²) < 4.78 is 32.2. The number of amides is 3. The van der Waals surface area contributed by atoms with Crippen LogP contribution in [0.1, 0.15) is 17.5 Å². The molecule has 11 nitrogen and oxygen atoms in total. The summed E-state index contributed by atoms with van der Waals surface area (Å²) in [5, 5.41) is 5.01. The Bertz CT molecular complexity index is 1120. The third-order valence-electron chi connectivity index (χ3n) is 5.39. The number of nitrogens with two attached hydrogens (primary N) is 4. The van der Waals surface area contributed by atoms with Crippen molar-refractivity contribution in [2.24, 2.45) is 27.9 Å². The average Bonchev–Trinajstić information content (AvgIpc) is 2.85. The van der Waals surface area contributed by atoms with Gasteiger partial charge in [0.1, 0.15) is 17.8 Å². The van der Waals surface area contributed by atoms with E-state index in [9.17, 15) is 23.2 Å². The molecular formula is C24H31F2N7O4. The van der Waals surface area contributed by atoms with Gasteiger partial charge >= 0.3 is 0 Å². The molecule has 37 heavy (non-hydrogen) atoms. The molecule has 0 saturated heterocycles. The first-order valence-electron chi connectivity index (χ1n) is 11.3. The molecule has 2 aromatic rings. The summed E-state index contributed by atoms with van der Waals surface area (Å²) in [5.74, 6) is -4.04. The van der Waals surface area contributed by atoms with E-state index in [1.807, 2.05) is 0 Å². The number of ether oxygens (including phenoxy) is 1. The smallest absolute Gasteiger partial charge is 0.243 e. The molecule has 0 radical (unpaired) electrons. The SMILES string of the molecule is COc1ccc(C[C@H](NC(=O)[C@H](Cc2ccc(F)c(F)c2)NC(=O)[C@@H](N)CCN=C(N)N)C(N)=O)cc1. The fraction of sp³-hybridized carbons (Fsp3) is 0.333. The Hall–Kier alpha value is -4.26. The first-order chi connectivity index (χ1) is 17.5. The third-order valence-corrected chi connectivity index (χ3v) is 5.39. The van der Waals surface area contributed by atoms with Gasteiger partial charge < -0.3 is 38.3 Å². The number of guanidine groups is 1. The number of hydrogen-bond donors (Lipinski definition) is 6. The minimum absolute atomic E-state index is 0.0644. The number of nitrogens with one attached hydrogen (secondary N) is 2. The molecule has 10 N–H and O–H groups in total. The lowest BCUT2D eigenvalue weighted by atomic mass is 10.0. The van der Waals surface area contributed by atoms with Crippen molar-refractivity contribution >= 4 is 23.7 Å². The van der Waals surface area contributed by atoms with Gasteiger partial charge in [-0.1, -0.05) is 18.2 Å². The first-order valence-corrected chi connectivity index (χ1v) is 11.3. The highest BCUT2D eigenvalue weighted by Gasteiger charge is 2.28. The van der Waals surface area contributed by atoms with Crippen LogP contribution in [0.25, 0.3) is 0 Å². The molecule has 0 aromatic heterocycles. The molecule has 3 atom stereocenters. The number of aliphatic imine (C=N–C) groups is 1. The zero-order chi connectivity index (χ0) is 27.5. The maximum Gasteiger partial charge on any atom is 0.243 e. The number of methoxy groups -OCH3 is 1. The van der Waals surface area contributed by atoms with E-state index in [1.54, 1.807) is 24.3 Å². The van der Waals surface area contributed by atoms with Crippen molar-refractivity contribution in [2.75, 3.05) is 13.7 Å². The molecule has 3 amide bonds. The molecule has 13 heteroatoms. The number of halogens is 2. The van der Waals surface area contributed by atoms with Gasteiger partial charge in [0.15, 0.2) is 17.6 Å². The van der Waals surface area contributed by atoms with E-state index >= 15 is 0 Å². The Labute approximate surface area is 212 Å². The number of benzene rings is 2. The predicted octanol–water partition coefficient (Wildman–Crippen LogP) is -0.796. The van der Waals surface area contributed by atoms with Crippen LogP contribution in [0.4, 0.5) is 8.78 Å². The van der Waals surface area contributed by atoms with Gasteiger partial charge in [-0.05, 0) is 41.8 Å². The summed E-state index contributed by atoms with van der Waals surface area (Å²) in [6, 6.07) is 6.37. The van der Waals surface area contributed by atoms with Crippen LogP contribution < -0.4 is 38.3 Å². The van der Waals surface area contributed by atoms with Gasteiger partial charge in [-0.15, -0.1) is 0 Å². The monoisotopic (exact) mass is 519 g/mol. The first kappa shape index (κ1) is 29.0. The number of hydrogen-bond acceptors (Lipinski definition) is 6. The van der Waals surface area contributed by atoms with Crippen molar-refractivity contribution in [2.45, 2.75) is 37.4 Å². The summed E-state index contributed by atoms with van der Waals surface area (Å²) in [4.78, 5) is 41.6. The zero-order valence-electron chi connectivity index (χ0n) is 20.2. The van der Waals surface area contributed by atoms with E-state index in [0.29, 0.717) is 11.3 Å². The van der Waals surface area contributed by atoms with Crippen molar-refractivity contribution in [3.05, 3.63) is 65.2 Å². The zero-order valence-corrected chi connectivity index (χ0v) is 20.2. The van der Waals surface area contributed by atoms with Gasteiger partial charge in [0, 0.05) is 19.4 Å². The van der Waals surface area contributed by atoms with Crippen molar-refractivity contribution in [3.8, 4) is 5.75 Å². The van der Waals surface area contributed by atoms with Gasteiger partial charge in [-0.2, -0.15) is 0 Å². The minimum Gasteiger partial charge on any atom is -0.497 e. The van der Waals surface area contributed by atoms with Gasteiger partial charge in [0.2, 0.25) is 17.7 Å². The quantitative estimate of drug-likeness (QED) is 0.147. The average molecular weight is 520 g/mol. The second-order valence-electron chi connectivity index (χ2n) is 8.23. The minimum atomic E-state index is -1.29. The van der Waals surface area contributed by atoms with E-state index in [1.165, 1.54) is 13.2 Å². The molecule has 0 spiro atoms. The molecule has 200 valence electrons. The highest BCUT2D eigenvalue weighted by atomic mass is 19.2. The molecule has 2 rings (SSSR count). The van der Waals surface area contributed by atoms with Gasteiger partial charge in [-0.3, -0.25) is 19.4 Å². The van der Waals surface area contributed by atoms with Gasteiger partial charge in [0.05, 0.1) is 13.2 Å². The molecule has 0 aliphatic rings. The molecule has 0 unspecified atom stereocenters. The van der Waals surface area contributed by atoms with E-state index < -0.39 is 47.5 Å². The lowest BCUT2D eigenvalue weighted by molar-refractivity contribution is -0.131. The lowest BCUT2D eigenvalue weighted by Crippen LogP contribution is -2.56. The van der Waals surface area contributed by atoms with E-state index in [2.05, 4.69) is 15.6 Å². The number of rotatable bonds is 13. The topological polar surface area (TPSA) is 201 Å². The summed E-state index contributed by atoms with van der Waals surface area (Å²) >= 11 is 0. The number of carbonyl (C=O) groups excluding carboxylic acids is 3. The second kappa shape index (κ2) is 13.7. The fourth-order valence-corrected chi connectivity index (χ4v) is 3.35. The largest absolute Gasteiger partial charge is 0.497 e. The van der Waals surface area contributed by atoms with Crippen LogP contribution in [0.3, 0.4) is 0 Å². The number of primary amides is 1. The summed E-state index contributed by atoms with van der Waals surface area (Å²) in [6.07, 6.45) is -0.0804. The molecule has 0 fully saturated rings. The van der Waals surface area contributed by atoms with Crippen LogP contribution in [-0.4, -0.2) is 55.5 Å². The molecule has 0 heterocycles. The maximum atomic E-state index is 13.8. The molecule has 0 bridgehead atoms.